The number of ketones is 1. The van der Waals surface area contributed by atoms with Gasteiger partial charge in [0.1, 0.15) is 5.75 Å². The molecule has 0 unspecified atom stereocenters. The van der Waals surface area contributed by atoms with Crippen LogP contribution in [0, 0.1) is 5.92 Å². The van der Waals surface area contributed by atoms with Crippen molar-refractivity contribution in [1.29, 1.82) is 0 Å². The lowest BCUT2D eigenvalue weighted by atomic mass is 9.96. The second kappa shape index (κ2) is 4.89. The van der Waals surface area contributed by atoms with E-state index in [1.807, 2.05) is 0 Å². The SMILES string of the molecule is O=C(CS(=O)(=O)O)C1CCCCCC1. The van der Waals surface area contributed by atoms with Crippen molar-refractivity contribution in [2.45, 2.75) is 38.5 Å². The highest BCUT2D eigenvalue weighted by Gasteiger charge is 2.23. The van der Waals surface area contributed by atoms with Crippen molar-refractivity contribution in [2.24, 2.45) is 5.92 Å². The number of carbonyl (C=O) groups is 1. The van der Waals surface area contributed by atoms with Crippen molar-refractivity contribution in [3.05, 3.63) is 0 Å². The predicted octanol–water partition coefficient (Wildman–Crippen LogP) is 1.41. The zero-order chi connectivity index (χ0) is 10.6. The second-order valence-corrected chi connectivity index (χ2v) is 5.33. The highest BCUT2D eigenvalue weighted by molar-refractivity contribution is 7.86. The molecule has 0 aliphatic heterocycles. The molecule has 1 aliphatic carbocycles. The highest BCUT2D eigenvalue weighted by atomic mass is 32.2. The summed E-state index contributed by atoms with van der Waals surface area (Å²) in [6.45, 7) is 0. The molecule has 1 N–H and O–H groups in total. The summed E-state index contributed by atoms with van der Waals surface area (Å²) < 4.78 is 29.6. The highest BCUT2D eigenvalue weighted by Crippen LogP contribution is 2.23. The maximum absolute atomic E-state index is 11.4. The van der Waals surface area contributed by atoms with Crippen molar-refractivity contribution in [1.82, 2.24) is 0 Å². The zero-order valence-corrected chi connectivity index (χ0v) is 8.92. The molecule has 1 fully saturated rings. The van der Waals surface area contributed by atoms with Gasteiger partial charge in [-0.15, -0.1) is 0 Å². The largest absolute Gasteiger partial charge is 0.298 e. The van der Waals surface area contributed by atoms with Gasteiger partial charge in [-0.3, -0.25) is 9.35 Å². The molecule has 0 saturated heterocycles. The van der Waals surface area contributed by atoms with Gasteiger partial charge in [-0.05, 0) is 12.8 Å². The van der Waals surface area contributed by atoms with Crippen LogP contribution >= 0.6 is 0 Å². The van der Waals surface area contributed by atoms with Crippen molar-refractivity contribution in [3.8, 4) is 0 Å². The summed E-state index contributed by atoms with van der Waals surface area (Å²) >= 11 is 0. The Morgan fingerprint density at radius 1 is 1.14 bits per heavy atom. The quantitative estimate of drug-likeness (QED) is 0.576. The number of Topliss-reactive ketones (excluding diaryl/α,β-unsaturated/α-hetero) is 1. The van der Waals surface area contributed by atoms with Gasteiger partial charge in [0.25, 0.3) is 10.1 Å². The summed E-state index contributed by atoms with van der Waals surface area (Å²) in [4.78, 5) is 11.4. The van der Waals surface area contributed by atoms with E-state index in [1.54, 1.807) is 0 Å². The summed E-state index contributed by atoms with van der Waals surface area (Å²) in [6, 6.07) is 0. The third-order valence-corrected chi connectivity index (χ3v) is 3.28. The van der Waals surface area contributed by atoms with Gasteiger partial charge in [0, 0.05) is 5.92 Å². The van der Waals surface area contributed by atoms with Crippen LogP contribution in [0.25, 0.3) is 0 Å². The Balaban J connectivity index is 2.50. The molecule has 1 saturated carbocycles. The average molecular weight is 220 g/mol. The lowest BCUT2D eigenvalue weighted by Crippen LogP contribution is -2.23. The first kappa shape index (κ1) is 11.7. The normalized spacial score (nSPS) is 20.4. The fraction of sp³-hybridized carbons (Fsp3) is 0.889. The van der Waals surface area contributed by atoms with Gasteiger partial charge in [0.05, 0.1) is 0 Å². The lowest BCUT2D eigenvalue weighted by Gasteiger charge is -2.10. The van der Waals surface area contributed by atoms with Gasteiger partial charge in [-0.2, -0.15) is 8.42 Å². The third kappa shape index (κ3) is 4.19. The maximum Gasteiger partial charge on any atom is 0.272 e. The Bertz CT molecular complexity index is 286. The number of rotatable bonds is 3. The van der Waals surface area contributed by atoms with Crippen molar-refractivity contribution < 1.29 is 17.8 Å². The number of hydrogen-bond acceptors (Lipinski definition) is 3. The van der Waals surface area contributed by atoms with Gasteiger partial charge in [-0.1, -0.05) is 25.7 Å². The Morgan fingerprint density at radius 3 is 2.07 bits per heavy atom. The second-order valence-electron chi connectivity index (χ2n) is 3.88. The summed E-state index contributed by atoms with van der Waals surface area (Å²) in [5.41, 5.74) is 0. The Labute approximate surface area is 84.4 Å². The molecule has 1 aliphatic rings. The number of hydrogen-bond donors (Lipinski definition) is 1. The van der Waals surface area contributed by atoms with Crippen LogP contribution < -0.4 is 0 Å². The Morgan fingerprint density at radius 2 is 1.64 bits per heavy atom. The van der Waals surface area contributed by atoms with Gasteiger partial charge < -0.3 is 0 Å². The van der Waals surface area contributed by atoms with Crippen LogP contribution in [-0.2, 0) is 14.9 Å². The van der Waals surface area contributed by atoms with Crippen LogP contribution in [0.4, 0.5) is 0 Å². The summed E-state index contributed by atoms with van der Waals surface area (Å²) in [6.07, 6.45) is 5.76. The minimum Gasteiger partial charge on any atom is -0.298 e. The van der Waals surface area contributed by atoms with E-state index in [9.17, 15) is 13.2 Å². The molecule has 0 aromatic heterocycles. The summed E-state index contributed by atoms with van der Waals surface area (Å²) in [5, 5.41) is 0. The van der Waals surface area contributed by atoms with Gasteiger partial charge in [0.2, 0.25) is 0 Å². The average Bonchev–Trinajstić information content (AvgIpc) is 2.27. The van der Waals surface area contributed by atoms with E-state index >= 15 is 0 Å². The molecule has 0 atom stereocenters. The molecule has 1 rings (SSSR count). The first-order valence-corrected chi connectivity index (χ1v) is 6.58. The van der Waals surface area contributed by atoms with Crippen LogP contribution in [0.2, 0.25) is 0 Å². The van der Waals surface area contributed by atoms with E-state index in [4.69, 9.17) is 4.55 Å². The monoisotopic (exact) mass is 220 g/mol. The van der Waals surface area contributed by atoms with Crippen LogP contribution in [0.3, 0.4) is 0 Å². The maximum atomic E-state index is 11.4. The fourth-order valence-corrected chi connectivity index (χ4v) is 2.49. The van der Waals surface area contributed by atoms with E-state index in [2.05, 4.69) is 0 Å². The van der Waals surface area contributed by atoms with Crippen molar-refractivity contribution in [3.63, 3.8) is 0 Å². The first-order chi connectivity index (χ1) is 6.49. The first-order valence-electron chi connectivity index (χ1n) is 4.97. The van der Waals surface area contributed by atoms with E-state index in [-0.39, 0.29) is 11.7 Å². The molecule has 0 spiro atoms. The molecular formula is C9H16O4S. The number of carbonyl (C=O) groups excluding carboxylic acids is 1. The molecule has 0 heterocycles. The van der Waals surface area contributed by atoms with Crippen molar-refractivity contribution >= 4 is 15.9 Å². The van der Waals surface area contributed by atoms with E-state index in [1.165, 1.54) is 0 Å². The minimum atomic E-state index is -4.13. The van der Waals surface area contributed by atoms with Crippen LogP contribution in [0.1, 0.15) is 38.5 Å². The van der Waals surface area contributed by atoms with Gasteiger partial charge >= 0.3 is 0 Å². The molecule has 14 heavy (non-hydrogen) atoms. The van der Waals surface area contributed by atoms with Crippen molar-refractivity contribution in [2.75, 3.05) is 5.75 Å². The molecule has 5 heteroatoms. The van der Waals surface area contributed by atoms with Crippen LogP contribution in [0.5, 0.6) is 0 Å². The lowest BCUT2D eigenvalue weighted by molar-refractivity contribution is -0.120. The third-order valence-electron chi connectivity index (χ3n) is 2.64. The zero-order valence-electron chi connectivity index (χ0n) is 8.11. The molecule has 0 aromatic carbocycles. The van der Waals surface area contributed by atoms with Crippen LogP contribution in [0.15, 0.2) is 0 Å². The molecule has 82 valence electrons. The fourth-order valence-electron chi connectivity index (χ4n) is 1.90. The summed E-state index contributed by atoms with van der Waals surface area (Å²) in [7, 11) is -4.13. The van der Waals surface area contributed by atoms with Gasteiger partial charge in [0.15, 0.2) is 5.78 Å². The molecular weight excluding hydrogens is 204 g/mol. The van der Waals surface area contributed by atoms with E-state index in [0.717, 1.165) is 38.5 Å². The smallest absolute Gasteiger partial charge is 0.272 e. The Kier molecular flexibility index (Phi) is 4.07. The van der Waals surface area contributed by atoms with E-state index in [0.29, 0.717) is 0 Å². The Hall–Kier alpha value is -0.420. The molecule has 0 aromatic rings. The predicted molar refractivity (Wildman–Crippen MR) is 52.6 cm³/mol. The van der Waals surface area contributed by atoms with E-state index < -0.39 is 15.9 Å². The topological polar surface area (TPSA) is 71.4 Å². The molecule has 0 bridgehead atoms. The molecule has 4 nitrogen and oxygen atoms in total. The summed E-state index contributed by atoms with van der Waals surface area (Å²) in [5.74, 6) is -1.19. The standard InChI is InChI=1S/C9H16O4S/c10-9(7-14(11,12)13)8-5-3-1-2-4-6-8/h8H,1-7H2,(H,11,12,13). The minimum absolute atomic E-state index is 0.153. The van der Waals surface area contributed by atoms with Gasteiger partial charge in [-0.25, -0.2) is 0 Å². The molecule has 0 radical (unpaired) electrons. The van der Waals surface area contributed by atoms with Crippen LogP contribution in [-0.4, -0.2) is 24.5 Å². The molecule has 0 amide bonds.